The summed E-state index contributed by atoms with van der Waals surface area (Å²) >= 11 is 0. The van der Waals surface area contributed by atoms with E-state index >= 15 is 0 Å². The Kier molecular flexibility index (Phi) is 4.42. The molecule has 1 fully saturated rings. The lowest BCUT2D eigenvalue weighted by Crippen LogP contribution is -2.43. The SMILES string of the molecule is CCC1CCCCC1N[C@@H]1C=C[C@H](CO)C1. The highest BCUT2D eigenvalue weighted by Gasteiger charge is 2.27. The summed E-state index contributed by atoms with van der Waals surface area (Å²) in [5.74, 6) is 1.26. The van der Waals surface area contributed by atoms with Crippen LogP contribution < -0.4 is 5.32 Å². The van der Waals surface area contributed by atoms with Crippen molar-refractivity contribution >= 4 is 0 Å². The molecule has 2 rings (SSSR count). The second-order valence-electron chi connectivity index (χ2n) is 5.40. The van der Waals surface area contributed by atoms with Crippen LogP contribution in [0.2, 0.25) is 0 Å². The first-order valence-corrected chi connectivity index (χ1v) is 6.88. The summed E-state index contributed by atoms with van der Waals surface area (Å²) in [5.41, 5.74) is 0. The number of nitrogens with one attached hydrogen (secondary N) is 1. The number of aliphatic hydroxyl groups is 1. The Balaban J connectivity index is 1.82. The largest absolute Gasteiger partial charge is 0.396 e. The van der Waals surface area contributed by atoms with Crippen molar-refractivity contribution in [3.63, 3.8) is 0 Å². The van der Waals surface area contributed by atoms with Gasteiger partial charge in [-0.25, -0.2) is 0 Å². The Labute approximate surface area is 99.1 Å². The summed E-state index contributed by atoms with van der Waals surface area (Å²) in [6.07, 6.45) is 12.3. The van der Waals surface area contributed by atoms with Gasteiger partial charge in [0.15, 0.2) is 0 Å². The van der Waals surface area contributed by atoms with E-state index in [1.54, 1.807) is 0 Å². The molecule has 92 valence electrons. The molecule has 2 aliphatic rings. The van der Waals surface area contributed by atoms with Crippen LogP contribution in [0.4, 0.5) is 0 Å². The average molecular weight is 223 g/mol. The molecular weight excluding hydrogens is 198 g/mol. The van der Waals surface area contributed by atoms with E-state index in [4.69, 9.17) is 5.11 Å². The number of hydrogen-bond donors (Lipinski definition) is 2. The van der Waals surface area contributed by atoms with Crippen molar-refractivity contribution in [2.24, 2.45) is 11.8 Å². The van der Waals surface area contributed by atoms with Crippen molar-refractivity contribution in [2.75, 3.05) is 6.61 Å². The van der Waals surface area contributed by atoms with Crippen LogP contribution in [-0.4, -0.2) is 23.8 Å². The fourth-order valence-corrected chi connectivity index (χ4v) is 3.22. The predicted octanol–water partition coefficient (Wildman–Crippen LogP) is 2.48. The van der Waals surface area contributed by atoms with Gasteiger partial charge in [0.25, 0.3) is 0 Å². The molecule has 0 radical (unpaired) electrons. The van der Waals surface area contributed by atoms with Crippen molar-refractivity contribution < 1.29 is 5.11 Å². The smallest absolute Gasteiger partial charge is 0.0494 e. The molecule has 0 aromatic heterocycles. The van der Waals surface area contributed by atoms with Gasteiger partial charge >= 0.3 is 0 Å². The van der Waals surface area contributed by atoms with Crippen molar-refractivity contribution in [1.82, 2.24) is 5.32 Å². The molecule has 0 spiro atoms. The minimum Gasteiger partial charge on any atom is -0.396 e. The van der Waals surface area contributed by atoms with E-state index in [2.05, 4.69) is 24.4 Å². The zero-order valence-electron chi connectivity index (χ0n) is 10.4. The predicted molar refractivity (Wildman–Crippen MR) is 67.3 cm³/mol. The van der Waals surface area contributed by atoms with Crippen LogP contribution in [0.5, 0.6) is 0 Å². The Morgan fingerprint density at radius 3 is 2.75 bits per heavy atom. The maximum Gasteiger partial charge on any atom is 0.0494 e. The van der Waals surface area contributed by atoms with Crippen LogP contribution in [0.25, 0.3) is 0 Å². The van der Waals surface area contributed by atoms with E-state index in [1.807, 2.05) is 0 Å². The van der Waals surface area contributed by atoms with Crippen LogP contribution in [0.3, 0.4) is 0 Å². The zero-order chi connectivity index (χ0) is 11.4. The third kappa shape index (κ3) is 2.86. The Morgan fingerprint density at radius 1 is 1.25 bits per heavy atom. The Bertz CT molecular complexity index is 239. The van der Waals surface area contributed by atoms with Gasteiger partial charge in [-0.1, -0.05) is 38.3 Å². The maximum absolute atomic E-state index is 9.11. The second kappa shape index (κ2) is 5.83. The molecule has 1 saturated carbocycles. The maximum atomic E-state index is 9.11. The number of hydrogen-bond acceptors (Lipinski definition) is 2. The van der Waals surface area contributed by atoms with Gasteiger partial charge in [-0.3, -0.25) is 0 Å². The highest BCUT2D eigenvalue weighted by Crippen LogP contribution is 2.28. The minimum absolute atomic E-state index is 0.302. The van der Waals surface area contributed by atoms with Crippen LogP contribution in [0.1, 0.15) is 45.4 Å². The standard InChI is InChI=1S/C14H25NO/c1-2-12-5-3-4-6-14(12)15-13-8-7-11(9-13)10-16/h7-8,11-16H,2-6,9-10H2,1H3/t11-,12?,13+,14?/m0/s1. The third-order valence-corrected chi connectivity index (χ3v) is 4.27. The highest BCUT2D eigenvalue weighted by atomic mass is 16.3. The lowest BCUT2D eigenvalue weighted by atomic mass is 9.82. The summed E-state index contributed by atoms with van der Waals surface area (Å²) in [5, 5.41) is 12.9. The van der Waals surface area contributed by atoms with Gasteiger partial charge in [0.05, 0.1) is 0 Å². The van der Waals surface area contributed by atoms with Crippen molar-refractivity contribution in [3.05, 3.63) is 12.2 Å². The van der Waals surface area contributed by atoms with E-state index in [-0.39, 0.29) is 0 Å². The zero-order valence-corrected chi connectivity index (χ0v) is 10.4. The molecule has 0 aromatic carbocycles. The molecule has 2 heteroatoms. The van der Waals surface area contributed by atoms with E-state index in [9.17, 15) is 0 Å². The normalized spacial score (nSPS) is 39.1. The first kappa shape index (κ1) is 12.1. The molecule has 2 N–H and O–H groups in total. The van der Waals surface area contributed by atoms with Gasteiger partial charge in [0.1, 0.15) is 0 Å². The quantitative estimate of drug-likeness (QED) is 0.718. The topological polar surface area (TPSA) is 32.3 Å². The Morgan fingerprint density at radius 2 is 2.06 bits per heavy atom. The molecule has 0 bridgehead atoms. The lowest BCUT2D eigenvalue weighted by molar-refractivity contribution is 0.223. The molecule has 0 amide bonds. The third-order valence-electron chi connectivity index (χ3n) is 4.27. The van der Waals surface area contributed by atoms with Crippen LogP contribution in [0.15, 0.2) is 12.2 Å². The van der Waals surface area contributed by atoms with Gasteiger partial charge in [-0.15, -0.1) is 0 Å². The van der Waals surface area contributed by atoms with Gasteiger partial charge in [-0.2, -0.15) is 0 Å². The molecule has 0 aromatic rings. The summed E-state index contributed by atoms with van der Waals surface area (Å²) in [6, 6.07) is 1.22. The fraction of sp³-hybridized carbons (Fsp3) is 0.857. The van der Waals surface area contributed by atoms with Crippen molar-refractivity contribution in [2.45, 2.75) is 57.5 Å². The van der Waals surface area contributed by atoms with E-state index in [0.717, 1.165) is 12.3 Å². The lowest BCUT2D eigenvalue weighted by Gasteiger charge is -2.33. The summed E-state index contributed by atoms with van der Waals surface area (Å²) in [6.45, 7) is 2.61. The summed E-state index contributed by atoms with van der Waals surface area (Å²) < 4.78 is 0. The molecule has 0 saturated heterocycles. The molecule has 4 atom stereocenters. The summed E-state index contributed by atoms with van der Waals surface area (Å²) in [7, 11) is 0. The molecule has 0 heterocycles. The highest BCUT2D eigenvalue weighted by molar-refractivity contribution is 5.06. The van der Waals surface area contributed by atoms with Crippen LogP contribution >= 0.6 is 0 Å². The molecule has 2 nitrogen and oxygen atoms in total. The molecule has 0 aliphatic heterocycles. The van der Waals surface area contributed by atoms with Crippen molar-refractivity contribution in [1.29, 1.82) is 0 Å². The number of aliphatic hydroxyl groups excluding tert-OH is 1. The first-order chi connectivity index (χ1) is 7.83. The van der Waals surface area contributed by atoms with Crippen LogP contribution in [-0.2, 0) is 0 Å². The second-order valence-corrected chi connectivity index (χ2v) is 5.40. The van der Waals surface area contributed by atoms with Gasteiger partial charge in [0, 0.05) is 24.6 Å². The average Bonchev–Trinajstić information content (AvgIpc) is 2.77. The molecule has 16 heavy (non-hydrogen) atoms. The minimum atomic E-state index is 0.302. The molecule has 2 unspecified atom stereocenters. The van der Waals surface area contributed by atoms with E-state index < -0.39 is 0 Å². The van der Waals surface area contributed by atoms with E-state index in [0.29, 0.717) is 24.6 Å². The fourth-order valence-electron chi connectivity index (χ4n) is 3.22. The molecular formula is C14H25NO. The number of rotatable bonds is 4. The van der Waals surface area contributed by atoms with Gasteiger partial charge in [-0.05, 0) is 25.2 Å². The van der Waals surface area contributed by atoms with Crippen LogP contribution in [0, 0.1) is 11.8 Å². The monoisotopic (exact) mass is 223 g/mol. The first-order valence-electron chi connectivity index (χ1n) is 6.88. The van der Waals surface area contributed by atoms with E-state index in [1.165, 1.54) is 32.1 Å². The summed E-state index contributed by atoms with van der Waals surface area (Å²) in [4.78, 5) is 0. The Hall–Kier alpha value is -0.340. The van der Waals surface area contributed by atoms with Gasteiger partial charge < -0.3 is 10.4 Å². The van der Waals surface area contributed by atoms with Gasteiger partial charge in [0.2, 0.25) is 0 Å². The van der Waals surface area contributed by atoms with Crippen molar-refractivity contribution in [3.8, 4) is 0 Å². The molecule has 2 aliphatic carbocycles.